The van der Waals surface area contributed by atoms with E-state index in [2.05, 4.69) is 37.7 Å². The molecule has 0 radical (unpaired) electrons. The van der Waals surface area contributed by atoms with Crippen LogP contribution in [0, 0.1) is 23.5 Å². The summed E-state index contributed by atoms with van der Waals surface area (Å²) in [5, 5.41) is 11.1. The van der Waals surface area contributed by atoms with Gasteiger partial charge in [0.15, 0.2) is 21.3 Å². The van der Waals surface area contributed by atoms with Crippen LogP contribution in [0.15, 0.2) is 42.5 Å². The van der Waals surface area contributed by atoms with Gasteiger partial charge in [-0.15, -0.1) is 0 Å². The number of aromatic nitrogens is 5. The van der Waals surface area contributed by atoms with Crippen molar-refractivity contribution in [3.8, 4) is 23.0 Å². The molecule has 2 fully saturated rings. The minimum absolute atomic E-state index is 0.164. The normalized spacial score (nSPS) is 18.5. The van der Waals surface area contributed by atoms with Crippen LogP contribution in [0.4, 0.5) is 49.7 Å². The van der Waals surface area contributed by atoms with E-state index in [1.807, 2.05) is 0 Å². The Morgan fingerprint density at radius 2 is 1.59 bits per heavy atom. The van der Waals surface area contributed by atoms with E-state index >= 15 is 8.78 Å². The number of sulfonamides is 1. The highest BCUT2D eigenvalue weighted by molar-refractivity contribution is 7.93. The van der Waals surface area contributed by atoms with Crippen LogP contribution in [-0.2, 0) is 65.8 Å². The second-order valence-electron chi connectivity index (χ2n) is 18.0. The first-order valence-electron chi connectivity index (χ1n) is 21.6. The van der Waals surface area contributed by atoms with Gasteiger partial charge >= 0.3 is 18.3 Å². The van der Waals surface area contributed by atoms with Crippen LogP contribution >= 0.6 is 11.6 Å². The maximum atomic E-state index is 15.5. The Kier molecular flexibility index (Phi) is 13.8. The first kappa shape index (κ1) is 53.4. The van der Waals surface area contributed by atoms with Crippen LogP contribution in [0.3, 0.4) is 0 Å². The molecule has 2 aromatic carbocycles. The number of hydrogen-bond donors (Lipinski definition) is 2. The molecule has 2 saturated heterocycles. The summed E-state index contributed by atoms with van der Waals surface area (Å²) in [5.74, 6) is -4.46. The standard InChI is InChI=1S/C44H40ClF10N9O7S2/c1-41(2,72(3,67)68)10-9-25-5-6-26(27-7-8-28(45)32-36(27)63(21-42(48,49)50)60-40(32)64(73(4,69)70)31(66)20-61-11-13-71-14-12-61)34(56-25)29(17-22-15-23(46)18-24(47)16-22)57-30(65)19-62-39-33(37(59-62)44(53,54)55)35-38(58-35)43(39,51)52/h5-8,15-16,18,29,35,38,58H,11-14,17,19-21H2,1-4H3,(H,57,65)/t29-,35+,38+/m0/s1. The summed E-state index contributed by atoms with van der Waals surface area (Å²) in [5.41, 5.74) is -5.96. The number of nitrogens with one attached hydrogen (secondary N) is 2. The number of amides is 2. The average Bonchev–Trinajstić information content (AvgIpc) is 3.77. The fourth-order valence-electron chi connectivity index (χ4n) is 8.58. The third-order valence-corrected chi connectivity index (χ3v) is 15.5. The number of nitrogens with zero attached hydrogens (tertiary/aromatic N) is 7. The Balaban J connectivity index is 1.35. The number of pyridine rings is 1. The lowest BCUT2D eigenvalue weighted by Crippen LogP contribution is -2.46. The van der Waals surface area contributed by atoms with Crippen LogP contribution in [0.5, 0.6) is 0 Å². The quantitative estimate of drug-likeness (QED) is 0.0814. The number of carbonyl (C=O) groups is 2. The molecule has 16 nitrogen and oxygen atoms in total. The number of rotatable bonds is 13. The van der Waals surface area contributed by atoms with Crippen LogP contribution in [0.25, 0.3) is 22.0 Å². The van der Waals surface area contributed by atoms with Gasteiger partial charge < -0.3 is 10.1 Å². The van der Waals surface area contributed by atoms with Crippen molar-refractivity contribution in [3.63, 3.8) is 0 Å². The molecule has 2 aliphatic heterocycles. The van der Waals surface area contributed by atoms with Crippen molar-refractivity contribution in [1.82, 2.24) is 40.1 Å². The molecular weight excluding hydrogens is 1060 g/mol. The number of carbonyl (C=O) groups excluding carboxylic acids is 2. The summed E-state index contributed by atoms with van der Waals surface area (Å²) in [6.45, 7) is -0.620. The van der Waals surface area contributed by atoms with E-state index in [0.29, 0.717) is 17.0 Å². The Hall–Kier alpha value is -5.86. The Morgan fingerprint density at radius 1 is 0.945 bits per heavy atom. The lowest BCUT2D eigenvalue weighted by molar-refractivity contribution is -0.142. The van der Waals surface area contributed by atoms with E-state index in [-0.39, 0.29) is 57.7 Å². The maximum absolute atomic E-state index is 15.5. The van der Waals surface area contributed by atoms with E-state index in [9.17, 15) is 61.5 Å². The Labute approximate surface area is 413 Å². The highest BCUT2D eigenvalue weighted by atomic mass is 35.5. The molecule has 29 heteroatoms. The molecule has 0 bridgehead atoms. The number of anilines is 1. The van der Waals surface area contributed by atoms with Gasteiger partial charge in [-0.25, -0.2) is 30.6 Å². The molecule has 3 aliphatic rings. The lowest BCUT2D eigenvalue weighted by Gasteiger charge is -2.28. The molecular formula is C44H40ClF10N9O7S2. The molecule has 3 atom stereocenters. The zero-order chi connectivity index (χ0) is 53.5. The molecule has 0 saturated carbocycles. The molecule has 0 spiro atoms. The van der Waals surface area contributed by atoms with Gasteiger partial charge in [-0.3, -0.25) is 29.2 Å². The number of alkyl halides is 8. The first-order valence-corrected chi connectivity index (χ1v) is 25.8. The smallest absolute Gasteiger partial charge is 0.379 e. The molecule has 8 rings (SSSR count). The zero-order valence-electron chi connectivity index (χ0n) is 38.4. The molecule has 2 N–H and O–H groups in total. The minimum Gasteiger partial charge on any atom is -0.379 e. The highest BCUT2D eigenvalue weighted by Crippen LogP contribution is 2.58. The number of morpholine rings is 1. The van der Waals surface area contributed by atoms with Gasteiger partial charge in [0.1, 0.15) is 40.9 Å². The molecule has 5 aromatic rings. The van der Waals surface area contributed by atoms with Crippen molar-refractivity contribution < 1.29 is 75.1 Å². The molecule has 2 amide bonds. The third kappa shape index (κ3) is 10.9. The third-order valence-electron chi connectivity index (χ3n) is 12.2. The van der Waals surface area contributed by atoms with Crippen molar-refractivity contribution >= 4 is 60.0 Å². The predicted molar refractivity (Wildman–Crippen MR) is 241 cm³/mol. The number of ether oxygens (including phenoxy) is 1. The van der Waals surface area contributed by atoms with Gasteiger partial charge in [-0.05, 0) is 62.1 Å². The number of benzene rings is 2. The second kappa shape index (κ2) is 18.8. The fraction of sp³-hybridized carbons (Fsp3) is 0.432. The van der Waals surface area contributed by atoms with Gasteiger partial charge in [-0.2, -0.15) is 49.6 Å². The topological polar surface area (TPSA) is 201 Å². The van der Waals surface area contributed by atoms with E-state index in [4.69, 9.17) is 16.3 Å². The van der Waals surface area contributed by atoms with E-state index < -0.39 is 155 Å². The van der Waals surface area contributed by atoms with Crippen LogP contribution < -0.4 is 14.9 Å². The molecule has 73 heavy (non-hydrogen) atoms. The van der Waals surface area contributed by atoms with Crippen molar-refractivity contribution in [1.29, 1.82) is 0 Å². The molecule has 3 aromatic heterocycles. The van der Waals surface area contributed by atoms with Crippen molar-refractivity contribution in [2.75, 3.05) is 49.7 Å². The zero-order valence-corrected chi connectivity index (χ0v) is 40.8. The van der Waals surface area contributed by atoms with Gasteiger partial charge in [0.05, 0.1) is 65.8 Å². The first-order chi connectivity index (χ1) is 33.7. The van der Waals surface area contributed by atoms with Crippen LogP contribution in [0.2, 0.25) is 5.02 Å². The lowest BCUT2D eigenvalue weighted by atomic mass is 9.93. The fourth-order valence-corrected chi connectivity index (χ4v) is 9.92. The van der Waals surface area contributed by atoms with E-state index in [0.717, 1.165) is 30.5 Å². The minimum atomic E-state index is -5.26. The van der Waals surface area contributed by atoms with Gasteiger partial charge in [0.2, 0.25) is 15.9 Å². The van der Waals surface area contributed by atoms with E-state index in [1.54, 1.807) is 0 Å². The summed E-state index contributed by atoms with van der Waals surface area (Å²) >= 11 is 6.69. The van der Waals surface area contributed by atoms with Crippen molar-refractivity contribution in [2.24, 2.45) is 0 Å². The predicted octanol–water partition coefficient (Wildman–Crippen LogP) is 5.83. The summed E-state index contributed by atoms with van der Waals surface area (Å²) in [6.07, 6.45) is -9.58. The van der Waals surface area contributed by atoms with Gasteiger partial charge in [-0.1, -0.05) is 23.6 Å². The summed E-state index contributed by atoms with van der Waals surface area (Å²) in [7, 11) is -8.63. The van der Waals surface area contributed by atoms with Crippen LogP contribution in [0.1, 0.15) is 59.8 Å². The van der Waals surface area contributed by atoms with Crippen LogP contribution in [-0.4, -0.2) is 120 Å². The molecule has 392 valence electrons. The SMILES string of the molecule is CC(C)(C#Cc1ccc(-c2ccc(Cl)c3c(N(C(=O)CN4CCOCC4)S(C)(=O)=O)nn(CC(F)(F)F)c23)c([C@H](Cc2cc(F)cc(F)c2)NC(=O)Cn2nc(C(F)(F)F)c3c2C(F)(F)[C@@H]2N[C@H]32)n1)S(C)(=O)=O. The summed E-state index contributed by atoms with van der Waals surface area (Å²) in [6, 6.07) is 1.74. The molecule has 5 heterocycles. The monoisotopic (exact) mass is 1100 g/mol. The Bertz CT molecular complexity index is 3350. The average molecular weight is 1100 g/mol. The summed E-state index contributed by atoms with van der Waals surface area (Å²) < 4.78 is 204. The maximum Gasteiger partial charge on any atom is 0.435 e. The Morgan fingerprint density at radius 3 is 2.19 bits per heavy atom. The number of fused-ring (bicyclic) bond motifs is 4. The number of sulfone groups is 1. The largest absolute Gasteiger partial charge is 0.435 e. The van der Waals surface area contributed by atoms with E-state index in [1.165, 1.54) is 30.9 Å². The van der Waals surface area contributed by atoms with Gasteiger partial charge in [0, 0.05) is 42.1 Å². The molecule has 0 unspecified atom stereocenters. The number of halogens is 11. The number of hydrogen-bond acceptors (Lipinski definition) is 12. The molecule has 1 aliphatic carbocycles. The van der Waals surface area contributed by atoms with Gasteiger partial charge in [0.25, 0.3) is 5.91 Å². The van der Waals surface area contributed by atoms with Crippen molar-refractivity contribution in [2.45, 2.75) is 74.5 Å². The second-order valence-corrected chi connectivity index (χ2v) is 22.8. The van der Waals surface area contributed by atoms with Crippen molar-refractivity contribution in [3.05, 3.63) is 93.0 Å². The highest BCUT2D eigenvalue weighted by Gasteiger charge is 2.68. The summed E-state index contributed by atoms with van der Waals surface area (Å²) in [4.78, 5) is 34.2.